The Kier molecular flexibility index (Phi) is 9.39. The van der Waals surface area contributed by atoms with E-state index in [4.69, 9.17) is 23.2 Å². The van der Waals surface area contributed by atoms with Crippen LogP contribution in [0.15, 0.2) is 48.5 Å². The Morgan fingerprint density at radius 1 is 1.03 bits per heavy atom. The lowest BCUT2D eigenvalue weighted by molar-refractivity contribution is -0.139. The molecule has 0 saturated heterocycles. The van der Waals surface area contributed by atoms with Crippen LogP contribution in [0.3, 0.4) is 0 Å². The summed E-state index contributed by atoms with van der Waals surface area (Å²) in [5.74, 6) is -0.866. The second kappa shape index (κ2) is 11.4. The monoisotopic (exact) mass is 527 g/mol. The molecule has 2 aromatic carbocycles. The van der Waals surface area contributed by atoms with Crippen LogP contribution in [0.4, 0.5) is 5.69 Å². The fourth-order valence-electron chi connectivity index (χ4n) is 3.32. The molecule has 0 fully saturated rings. The normalized spacial score (nSPS) is 12.7. The summed E-state index contributed by atoms with van der Waals surface area (Å²) in [5, 5.41) is 3.07. The molecule has 186 valence electrons. The number of hydrogen-bond acceptors (Lipinski definition) is 4. The van der Waals surface area contributed by atoms with Gasteiger partial charge >= 0.3 is 0 Å². The van der Waals surface area contributed by atoms with E-state index in [-0.39, 0.29) is 28.2 Å². The molecule has 2 aromatic rings. The molecule has 0 aliphatic rings. The maximum absolute atomic E-state index is 13.5. The van der Waals surface area contributed by atoms with E-state index in [2.05, 4.69) is 5.32 Å². The van der Waals surface area contributed by atoms with Crippen LogP contribution in [0, 0.1) is 0 Å². The van der Waals surface area contributed by atoms with Gasteiger partial charge in [-0.3, -0.25) is 13.9 Å². The molecule has 0 aromatic heterocycles. The summed E-state index contributed by atoms with van der Waals surface area (Å²) < 4.78 is 26.1. The van der Waals surface area contributed by atoms with Gasteiger partial charge in [-0.25, -0.2) is 8.42 Å². The predicted octanol–water partition coefficient (Wildman–Crippen LogP) is 4.13. The first kappa shape index (κ1) is 28.0. The fourth-order valence-corrected chi connectivity index (χ4v) is 4.63. The van der Waals surface area contributed by atoms with Gasteiger partial charge in [0.05, 0.1) is 22.0 Å². The Bertz CT molecular complexity index is 1120. The van der Waals surface area contributed by atoms with Crippen molar-refractivity contribution in [3.63, 3.8) is 0 Å². The van der Waals surface area contributed by atoms with Crippen molar-refractivity contribution >= 4 is 50.7 Å². The summed E-state index contributed by atoms with van der Waals surface area (Å²) in [6, 6.07) is 13.3. The molecule has 0 aliphatic heterocycles. The van der Waals surface area contributed by atoms with Crippen molar-refractivity contribution in [2.45, 2.75) is 45.7 Å². The number of sulfonamides is 1. The molecule has 1 atom stereocenters. The molecule has 0 spiro atoms. The second-order valence-electron chi connectivity index (χ2n) is 9.08. The van der Waals surface area contributed by atoms with Gasteiger partial charge in [-0.05, 0) is 51.8 Å². The van der Waals surface area contributed by atoms with Crippen LogP contribution in [0.2, 0.25) is 10.0 Å². The highest BCUT2D eigenvalue weighted by molar-refractivity contribution is 7.92. The van der Waals surface area contributed by atoms with Crippen molar-refractivity contribution in [1.29, 1.82) is 0 Å². The summed E-state index contributed by atoms with van der Waals surface area (Å²) in [5.41, 5.74) is 0.591. The van der Waals surface area contributed by atoms with Gasteiger partial charge in [-0.2, -0.15) is 0 Å². The SMILES string of the molecule is C[C@@H](C(=O)NC(C)(C)C)N(CCc1ccccc1)C(=O)CN(c1cccc(Cl)c1Cl)S(C)(=O)=O. The summed E-state index contributed by atoms with van der Waals surface area (Å²) in [6.45, 7) is 6.87. The van der Waals surface area contributed by atoms with Gasteiger partial charge in [-0.1, -0.05) is 59.6 Å². The third kappa shape index (κ3) is 7.89. The number of amides is 2. The van der Waals surface area contributed by atoms with Gasteiger partial charge in [0, 0.05) is 12.1 Å². The number of benzene rings is 2. The van der Waals surface area contributed by atoms with E-state index in [1.54, 1.807) is 13.0 Å². The molecule has 1 N–H and O–H groups in total. The number of carbonyl (C=O) groups is 2. The quantitative estimate of drug-likeness (QED) is 0.530. The molecule has 0 bridgehead atoms. The number of halogens is 2. The summed E-state index contributed by atoms with van der Waals surface area (Å²) >= 11 is 12.3. The van der Waals surface area contributed by atoms with E-state index in [0.717, 1.165) is 16.1 Å². The number of anilines is 1. The first-order valence-corrected chi connectivity index (χ1v) is 13.4. The fraction of sp³-hybridized carbons (Fsp3) is 0.417. The van der Waals surface area contributed by atoms with Crippen molar-refractivity contribution < 1.29 is 18.0 Å². The lowest BCUT2D eigenvalue weighted by Gasteiger charge is -2.33. The Morgan fingerprint density at radius 2 is 1.65 bits per heavy atom. The first-order valence-electron chi connectivity index (χ1n) is 10.8. The van der Waals surface area contributed by atoms with E-state index >= 15 is 0 Å². The van der Waals surface area contributed by atoms with Gasteiger partial charge in [0.2, 0.25) is 21.8 Å². The van der Waals surface area contributed by atoms with Crippen LogP contribution in [-0.2, 0) is 26.0 Å². The van der Waals surface area contributed by atoms with Crippen molar-refractivity contribution in [3.8, 4) is 0 Å². The molecular weight excluding hydrogens is 497 g/mol. The molecule has 2 amide bonds. The van der Waals surface area contributed by atoms with Gasteiger partial charge in [0.25, 0.3) is 0 Å². The predicted molar refractivity (Wildman–Crippen MR) is 138 cm³/mol. The third-order valence-electron chi connectivity index (χ3n) is 5.03. The zero-order valence-corrected chi connectivity index (χ0v) is 22.3. The lowest BCUT2D eigenvalue weighted by atomic mass is 10.1. The van der Waals surface area contributed by atoms with E-state index in [1.165, 1.54) is 17.0 Å². The van der Waals surface area contributed by atoms with Crippen molar-refractivity contribution in [2.75, 3.05) is 23.7 Å². The number of carbonyl (C=O) groups excluding carboxylic acids is 2. The highest BCUT2D eigenvalue weighted by Crippen LogP contribution is 2.33. The molecular formula is C24H31Cl2N3O4S. The van der Waals surface area contributed by atoms with Crippen molar-refractivity contribution in [2.24, 2.45) is 0 Å². The molecule has 2 rings (SSSR count). The molecule has 0 heterocycles. The van der Waals surface area contributed by atoms with Crippen LogP contribution in [0.25, 0.3) is 0 Å². The minimum atomic E-state index is -3.89. The summed E-state index contributed by atoms with van der Waals surface area (Å²) in [4.78, 5) is 27.8. The minimum Gasteiger partial charge on any atom is -0.350 e. The van der Waals surface area contributed by atoms with Crippen molar-refractivity contribution in [1.82, 2.24) is 10.2 Å². The standard InChI is InChI=1S/C24H31Cl2N3O4S/c1-17(23(31)27-24(2,3)4)28(15-14-18-10-7-6-8-11-18)21(30)16-29(34(5,32)33)20-13-9-12-19(25)22(20)26/h6-13,17H,14-16H2,1-5H3,(H,27,31)/t17-/m0/s1. The Labute approximate surface area is 212 Å². The molecule has 0 aliphatic carbocycles. The zero-order chi connectivity index (χ0) is 25.7. The van der Waals surface area contributed by atoms with Crippen LogP contribution in [0.5, 0.6) is 0 Å². The van der Waals surface area contributed by atoms with Crippen LogP contribution in [0.1, 0.15) is 33.3 Å². The average molecular weight is 529 g/mol. The van der Waals surface area contributed by atoms with Crippen LogP contribution < -0.4 is 9.62 Å². The lowest BCUT2D eigenvalue weighted by Crippen LogP contribution is -2.55. The highest BCUT2D eigenvalue weighted by Gasteiger charge is 2.31. The van der Waals surface area contributed by atoms with E-state index in [9.17, 15) is 18.0 Å². The molecule has 0 saturated carbocycles. The number of rotatable bonds is 9. The Hall–Kier alpha value is -2.29. The van der Waals surface area contributed by atoms with Crippen molar-refractivity contribution in [3.05, 3.63) is 64.1 Å². The number of nitrogens with zero attached hydrogens (tertiary/aromatic N) is 2. The number of hydrogen-bond donors (Lipinski definition) is 1. The maximum atomic E-state index is 13.5. The smallest absolute Gasteiger partial charge is 0.244 e. The highest BCUT2D eigenvalue weighted by atomic mass is 35.5. The third-order valence-corrected chi connectivity index (χ3v) is 6.96. The van der Waals surface area contributed by atoms with Gasteiger partial charge in [-0.15, -0.1) is 0 Å². The maximum Gasteiger partial charge on any atom is 0.244 e. The largest absolute Gasteiger partial charge is 0.350 e. The first-order chi connectivity index (χ1) is 15.7. The molecule has 0 unspecified atom stereocenters. The summed E-state index contributed by atoms with van der Waals surface area (Å²) in [6.07, 6.45) is 1.48. The molecule has 34 heavy (non-hydrogen) atoms. The number of nitrogens with one attached hydrogen (secondary N) is 1. The summed E-state index contributed by atoms with van der Waals surface area (Å²) in [7, 11) is -3.89. The van der Waals surface area contributed by atoms with Crippen LogP contribution in [-0.4, -0.2) is 56.1 Å². The minimum absolute atomic E-state index is 0.0248. The van der Waals surface area contributed by atoms with Gasteiger partial charge in [0.15, 0.2) is 0 Å². The van der Waals surface area contributed by atoms with E-state index in [1.807, 2.05) is 51.1 Å². The van der Waals surface area contributed by atoms with Gasteiger partial charge < -0.3 is 10.2 Å². The molecule has 7 nitrogen and oxygen atoms in total. The van der Waals surface area contributed by atoms with Crippen LogP contribution >= 0.6 is 23.2 Å². The van der Waals surface area contributed by atoms with Gasteiger partial charge in [0.1, 0.15) is 12.6 Å². The molecule has 10 heteroatoms. The van der Waals surface area contributed by atoms with E-state index in [0.29, 0.717) is 6.42 Å². The Balaban J connectivity index is 2.37. The average Bonchev–Trinajstić information content (AvgIpc) is 2.73. The zero-order valence-electron chi connectivity index (χ0n) is 20.0. The Morgan fingerprint density at radius 3 is 2.21 bits per heavy atom. The van der Waals surface area contributed by atoms with E-state index < -0.39 is 34.1 Å². The molecule has 0 radical (unpaired) electrons. The topological polar surface area (TPSA) is 86.8 Å². The second-order valence-corrected chi connectivity index (χ2v) is 11.8.